The summed E-state index contributed by atoms with van der Waals surface area (Å²) in [7, 11) is 0. The number of halogens is 2. The second kappa shape index (κ2) is 11.3. The summed E-state index contributed by atoms with van der Waals surface area (Å²) in [6, 6.07) is 12.6. The lowest BCUT2D eigenvalue weighted by atomic mass is 9.95. The predicted octanol–water partition coefficient (Wildman–Crippen LogP) is 5.09. The highest BCUT2D eigenvalue weighted by atomic mass is 35.5. The minimum absolute atomic E-state index is 0.0111. The van der Waals surface area contributed by atoms with Crippen LogP contribution in [0, 0.1) is 5.82 Å². The fraction of sp³-hybridized carbons (Fsp3) is 0.471. The van der Waals surface area contributed by atoms with Crippen molar-refractivity contribution in [2.75, 3.05) is 37.7 Å². The smallest absolute Gasteiger partial charge is 0.319 e. The molecule has 11 heteroatoms. The second-order valence-electron chi connectivity index (χ2n) is 13.1. The zero-order valence-electron chi connectivity index (χ0n) is 25.4. The summed E-state index contributed by atoms with van der Waals surface area (Å²) in [6.45, 7) is 5.15. The van der Waals surface area contributed by atoms with Crippen LogP contribution in [0.5, 0.6) is 6.01 Å². The zero-order valence-corrected chi connectivity index (χ0v) is 26.1. The predicted molar refractivity (Wildman–Crippen MR) is 173 cm³/mol. The Labute approximate surface area is 266 Å². The van der Waals surface area contributed by atoms with Crippen LogP contribution >= 0.6 is 11.6 Å². The number of piperazine rings is 1. The van der Waals surface area contributed by atoms with Crippen LogP contribution < -0.4 is 20.3 Å². The Morgan fingerprint density at radius 1 is 1.13 bits per heavy atom. The number of amides is 1. The van der Waals surface area contributed by atoms with E-state index in [9.17, 15) is 4.79 Å². The molecule has 0 radical (unpaired) electrons. The average Bonchev–Trinajstić information content (AvgIpc) is 3.71. The molecule has 1 amide bonds. The molecule has 4 aliphatic rings. The van der Waals surface area contributed by atoms with Crippen molar-refractivity contribution in [3.8, 4) is 17.3 Å². The number of carbonyl (C=O) groups excluding carboxylic acids is 1. The molecular weight excluding hydrogens is 593 g/mol. The van der Waals surface area contributed by atoms with Crippen LogP contribution in [0.4, 0.5) is 10.2 Å². The third kappa shape index (κ3) is 5.07. The van der Waals surface area contributed by atoms with E-state index in [4.69, 9.17) is 26.3 Å². The fourth-order valence-corrected chi connectivity index (χ4v) is 8.55. The lowest BCUT2D eigenvalue weighted by Gasteiger charge is -2.35. The van der Waals surface area contributed by atoms with Gasteiger partial charge in [0.05, 0.1) is 10.9 Å². The summed E-state index contributed by atoms with van der Waals surface area (Å²) in [6.07, 6.45) is 7.99. The molecule has 2 aromatic carbocycles. The third-order valence-electron chi connectivity index (χ3n) is 10.4. The van der Waals surface area contributed by atoms with Gasteiger partial charge in [0.15, 0.2) is 5.82 Å². The van der Waals surface area contributed by atoms with Crippen molar-refractivity contribution in [2.45, 2.75) is 69.1 Å². The molecule has 2 N–H and O–H groups in total. The fourth-order valence-electron chi connectivity index (χ4n) is 8.27. The van der Waals surface area contributed by atoms with Crippen LogP contribution in [0.15, 0.2) is 42.6 Å². The van der Waals surface area contributed by atoms with E-state index < -0.39 is 5.82 Å². The molecular formula is C34H37ClFN7O2. The monoisotopic (exact) mass is 629 g/mol. The number of nitrogens with one attached hydrogen (secondary N) is 2. The van der Waals surface area contributed by atoms with Crippen LogP contribution in [-0.4, -0.2) is 82.2 Å². The van der Waals surface area contributed by atoms with Crippen molar-refractivity contribution >= 4 is 45.0 Å². The van der Waals surface area contributed by atoms with Gasteiger partial charge in [0.2, 0.25) is 5.91 Å². The lowest BCUT2D eigenvalue weighted by Crippen LogP contribution is -2.51. The molecule has 4 unspecified atom stereocenters. The number of anilines is 1. The zero-order chi connectivity index (χ0) is 30.7. The Bertz CT molecular complexity index is 1790. The average molecular weight is 630 g/mol. The van der Waals surface area contributed by atoms with E-state index >= 15 is 4.39 Å². The van der Waals surface area contributed by atoms with E-state index in [-0.39, 0.29) is 34.7 Å². The first kappa shape index (κ1) is 28.8. The second-order valence-corrected chi connectivity index (χ2v) is 13.5. The molecule has 0 spiro atoms. The molecule has 45 heavy (non-hydrogen) atoms. The van der Waals surface area contributed by atoms with Gasteiger partial charge in [-0.05, 0) is 56.5 Å². The summed E-state index contributed by atoms with van der Waals surface area (Å²) in [5.74, 6) is 0.143. The van der Waals surface area contributed by atoms with Crippen LogP contribution in [0.1, 0.15) is 45.4 Å². The van der Waals surface area contributed by atoms with Crippen LogP contribution in [0.25, 0.3) is 32.9 Å². The molecule has 2 aromatic heterocycles. The third-order valence-corrected chi connectivity index (χ3v) is 10.7. The Morgan fingerprint density at radius 2 is 1.93 bits per heavy atom. The van der Waals surface area contributed by atoms with Crippen molar-refractivity contribution in [1.82, 2.24) is 30.5 Å². The number of nitrogens with zero attached hydrogens (tertiary/aromatic N) is 5. The van der Waals surface area contributed by atoms with E-state index in [0.717, 1.165) is 68.9 Å². The van der Waals surface area contributed by atoms with Crippen LogP contribution in [0.2, 0.25) is 5.02 Å². The standard InChI is InChI=1S/C34H37ClFN7O2/c1-20(44)37-15-24-11-13-34(12-4-14-43(24)34)19-45-33-40-31-26(32(41-33)42-17-22-9-10-23(18-42)39-22)16-38-30(29(31)36)25-7-2-5-21-6-3-8-27(35)28(21)25/h2-3,5-8,16,22-24,39H,4,9-15,17-19H2,1H3,(H,37,44). The van der Waals surface area contributed by atoms with Crippen molar-refractivity contribution in [1.29, 1.82) is 0 Å². The van der Waals surface area contributed by atoms with E-state index in [1.54, 1.807) is 13.1 Å². The molecule has 6 heterocycles. The minimum Gasteiger partial charge on any atom is -0.461 e. The Kier molecular flexibility index (Phi) is 7.26. The number of ether oxygens (including phenoxy) is 1. The van der Waals surface area contributed by atoms with Gasteiger partial charge < -0.3 is 20.3 Å². The maximum Gasteiger partial charge on any atom is 0.319 e. The van der Waals surface area contributed by atoms with Crippen molar-refractivity contribution < 1.29 is 13.9 Å². The lowest BCUT2D eigenvalue weighted by molar-refractivity contribution is -0.119. The molecule has 9 nitrogen and oxygen atoms in total. The Balaban J connectivity index is 1.18. The highest BCUT2D eigenvalue weighted by Gasteiger charge is 2.49. The number of carbonyl (C=O) groups is 1. The quantitative estimate of drug-likeness (QED) is 0.292. The van der Waals surface area contributed by atoms with Gasteiger partial charge in [0.25, 0.3) is 0 Å². The summed E-state index contributed by atoms with van der Waals surface area (Å²) in [4.78, 5) is 30.7. The molecule has 4 aromatic rings. The highest BCUT2D eigenvalue weighted by molar-refractivity contribution is 6.36. The molecule has 4 aliphatic heterocycles. The van der Waals surface area contributed by atoms with Gasteiger partial charge in [-0.2, -0.15) is 9.97 Å². The summed E-state index contributed by atoms with van der Waals surface area (Å²) in [5.41, 5.74) is 0.884. The van der Waals surface area contributed by atoms with Crippen molar-refractivity contribution in [3.63, 3.8) is 0 Å². The number of benzene rings is 2. The van der Waals surface area contributed by atoms with Gasteiger partial charge >= 0.3 is 6.01 Å². The number of pyridine rings is 1. The van der Waals surface area contributed by atoms with Crippen molar-refractivity contribution in [3.05, 3.63) is 53.4 Å². The SMILES string of the molecule is CC(=O)NCC1CCC2(COc3nc(N4CC5CCC(C4)N5)c4cnc(-c5cccc6cccc(Cl)c56)c(F)c4n3)CCCN12. The highest BCUT2D eigenvalue weighted by Crippen LogP contribution is 2.43. The molecule has 0 saturated carbocycles. The van der Waals surface area contributed by atoms with E-state index in [0.29, 0.717) is 47.0 Å². The maximum atomic E-state index is 16.7. The normalized spacial score (nSPS) is 26.1. The van der Waals surface area contributed by atoms with E-state index in [2.05, 4.69) is 25.4 Å². The number of hydrogen-bond donors (Lipinski definition) is 2. The van der Waals surface area contributed by atoms with Gasteiger partial charge in [-0.25, -0.2) is 4.39 Å². The number of hydrogen-bond acceptors (Lipinski definition) is 8. The molecule has 0 aliphatic carbocycles. The number of fused-ring (bicyclic) bond motifs is 5. The Hall–Kier alpha value is -3.60. The minimum atomic E-state index is -0.511. The topological polar surface area (TPSA) is 95.5 Å². The molecule has 234 valence electrons. The molecule has 8 rings (SSSR count). The Morgan fingerprint density at radius 3 is 2.73 bits per heavy atom. The largest absolute Gasteiger partial charge is 0.461 e. The van der Waals surface area contributed by atoms with Gasteiger partial charge in [-0.15, -0.1) is 0 Å². The van der Waals surface area contributed by atoms with E-state index in [1.165, 1.54) is 0 Å². The van der Waals surface area contributed by atoms with Crippen LogP contribution in [0.3, 0.4) is 0 Å². The van der Waals surface area contributed by atoms with Gasteiger partial charge in [0.1, 0.15) is 23.6 Å². The van der Waals surface area contributed by atoms with Gasteiger partial charge in [-0.1, -0.05) is 41.9 Å². The summed E-state index contributed by atoms with van der Waals surface area (Å²) in [5, 5.41) is 9.46. The van der Waals surface area contributed by atoms with E-state index in [1.807, 2.05) is 36.4 Å². The molecule has 4 saturated heterocycles. The van der Waals surface area contributed by atoms with Gasteiger partial charge in [-0.3, -0.25) is 14.7 Å². The number of rotatable bonds is 7. The number of aromatic nitrogens is 3. The van der Waals surface area contributed by atoms with Gasteiger partial charge in [0, 0.05) is 66.9 Å². The molecule has 2 bridgehead atoms. The molecule has 4 atom stereocenters. The first-order valence-electron chi connectivity index (χ1n) is 16.1. The molecule has 4 fully saturated rings. The first-order chi connectivity index (χ1) is 21.9. The first-order valence-corrected chi connectivity index (χ1v) is 16.5. The summed E-state index contributed by atoms with van der Waals surface area (Å²) >= 11 is 6.63. The van der Waals surface area contributed by atoms with Crippen LogP contribution in [-0.2, 0) is 4.79 Å². The summed E-state index contributed by atoms with van der Waals surface area (Å²) < 4.78 is 23.2. The van der Waals surface area contributed by atoms with Crippen molar-refractivity contribution in [2.24, 2.45) is 0 Å². The maximum absolute atomic E-state index is 16.7.